The lowest BCUT2D eigenvalue weighted by Crippen LogP contribution is -2.12. The van der Waals surface area contributed by atoms with E-state index in [-0.39, 0.29) is 10.8 Å². The number of hydrogen-bond acceptors (Lipinski definition) is 4. The predicted octanol–water partition coefficient (Wildman–Crippen LogP) is 6.49. The van der Waals surface area contributed by atoms with Gasteiger partial charge in [-0.15, -0.1) is 0 Å². The summed E-state index contributed by atoms with van der Waals surface area (Å²) in [6.45, 7) is 12.6. The number of phosphoric acid groups is 1. The molecule has 5 heteroatoms. The van der Waals surface area contributed by atoms with E-state index >= 15 is 0 Å². The molecule has 0 fully saturated rings. The van der Waals surface area contributed by atoms with E-state index in [2.05, 4.69) is 41.5 Å². The zero-order chi connectivity index (χ0) is 19.6. The van der Waals surface area contributed by atoms with Crippen molar-refractivity contribution in [2.24, 2.45) is 0 Å². The van der Waals surface area contributed by atoms with Crippen LogP contribution in [0.25, 0.3) is 0 Å². The van der Waals surface area contributed by atoms with Crippen molar-refractivity contribution in [1.82, 2.24) is 0 Å². The Hall–Kier alpha value is -1.77. The Balaban J connectivity index is 2.26. The first kappa shape index (κ1) is 20.5. The van der Waals surface area contributed by atoms with Gasteiger partial charge in [0.25, 0.3) is 0 Å². The summed E-state index contributed by atoms with van der Waals surface area (Å²) >= 11 is 0. The second-order valence-electron chi connectivity index (χ2n) is 8.37. The van der Waals surface area contributed by atoms with Gasteiger partial charge in [0.2, 0.25) is 0 Å². The van der Waals surface area contributed by atoms with E-state index in [1.54, 1.807) is 12.1 Å². The van der Waals surface area contributed by atoms with Crippen LogP contribution in [0, 0.1) is 0 Å². The first-order valence-corrected chi connectivity index (χ1v) is 10.2. The highest BCUT2D eigenvalue weighted by Crippen LogP contribution is 2.49. The third kappa shape index (κ3) is 5.36. The molecule has 0 saturated carbocycles. The van der Waals surface area contributed by atoms with E-state index in [1.807, 2.05) is 36.4 Å². The van der Waals surface area contributed by atoms with Gasteiger partial charge < -0.3 is 9.05 Å². The van der Waals surface area contributed by atoms with Crippen molar-refractivity contribution in [3.63, 3.8) is 0 Å². The maximum absolute atomic E-state index is 13.0. The van der Waals surface area contributed by atoms with Gasteiger partial charge in [0.05, 0.1) is 0 Å². The molecule has 0 aliphatic heterocycles. The molecular formula is C21H29O4P. The van der Waals surface area contributed by atoms with Crippen molar-refractivity contribution in [3.8, 4) is 11.5 Å². The van der Waals surface area contributed by atoms with Crippen LogP contribution in [0.5, 0.6) is 11.5 Å². The molecule has 0 N–H and O–H groups in total. The third-order valence-corrected chi connectivity index (χ3v) is 5.37. The summed E-state index contributed by atoms with van der Waals surface area (Å²) in [6.07, 6.45) is 0. The summed E-state index contributed by atoms with van der Waals surface area (Å²) < 4.78 is 29.3. The van der Waals surface area contributed by atoms with Crippen molar-refractivity contribution >= 4 is 7.82 Å². The minimum absolute atomic E-state index is 0.0433. The van der Waals surface area contributed by atoms with Gasteiger partial charge in [-0.1, -0.05) is 65.8 Å². The zero-order valence-corrected chi connectivity index (χ0v) is 17.6. The highest BCUT2D eigenvalue weighted by atomic mass is 31.2. The topological polar surface area (TPSA) is 44.8 Å². The van der Waals surface area contributed by atoms with E-state index in [9.17, 15) is 4.57 Å². The van der Waals surface area contributed by atoms with Crippen LogP contribution in [0.2, 0.25) is 0 Å². The van der Waals surface area contributed by atoms with Gasteiger partial charge in [0.15, 0.2) is 0 Å². The average Bonchev–Trinajstić information content (AvgIpc) is 2.53. The van der Waals surface area contributed by atoms with E-state index in [0.717, 1.165) is 11.1 Å². The van der Waals surface area contributed by atoms with Crippen LogP contribution in [0.1, 0.15) is 52.7 Å². The Labute approximate surface area is 157 Å². The van der Waals surface area contributed by atoms with E-state index in [0.29, 0.717) is 11.5 Å². The minimum atomic E-state index is -3.79. The lowest BCUT2D eigenvalue weighted by atomic mass is 9.87. The molecule has 0 aromatic heterocycles. The van der Waals surface area contributed by atoms with Gasteiger partial charge in [-0.05, 0) is 46.2 Å². The monoisotopic (exact) mass is 376 g/mol. The third-order valence-electron chi connectivity index (χ3n) is 4.06. The van der Waals surface area contributed by atoms with Crippen LogP contribution in [0.3, 0.4) is 0 Å². The fourth-order valence-corrected chi connectivity index (χ4v) is 3.32. The molecule has 2 aromatic rings. The summed E-state index contributed by atoms with van der Waals surface area (Å²) in [5, 5.41) is 0. The first-order valence-electron chi connectivity index (χ1n) is 8.69. The molecule has 0 radical (unpaired) electrons. The van der Waals surface area contributed by atoms with E-state index < -0.39 is 7.82 Å². The molecule has 2 aromatic carbocycles. The van der Waals surface area contributed by atoms with Crippen molar-refractivity contribution in [1.29, 1.82) is 0 Å². The molecule has 0 spiro atoms. The SMILES string of the molecule is COP(=O)(Oc1cccc(C(C)(C)C)c1)Oc1cccc(C(C)(C)C)c1. The summed E-state index contributed by atoms with van der Waals surface area (Å²) in [5.74, 6) is 0.907. The van der Waals surface area contributed by atoms with Crippen LogP contribution in [0.4, 0.5) is 0 Å². The molecule has 0 atom stereocenters. The number of benzene rings is 2. The second kappa shape index (κ2) is 7.46. The Morgan fingerprint density at radius 2 is 1.12 bits per heavy atom. The van der Waals surface area contributed by atoms with Crippen LogP contribution < -0.4 is 9.05 Å². The highest BCUT2D eigenvalue weighted by Gasteiger charge is 2.30. The highest BCUT2D eigenvalue weighted by molar-refractivity contribution is 7.49. The quantitative estimate of drug-likeness (QED) is 0.559. The maximum atomic E-state index is 13.0. The lowest BCUT2D eigenvalue weighted by Gasteiger charge is -2.22. The van der Waals surface area contributed by atoms with Gasteiger partial charge in [-0.2, -0.15) is 0 Å². The van der Waals surface area contributed by atoms with Crippen molar-refractivity contribution in [3.05, 3.63) is 59.7 Å². The van der Waals surface area contributed by atoms with Gasteiger partial charge in [0.1, 0.15) is 11.5 Å². The first-order chi connectivity index (χ1) is 11.9. The molecule has 0 aliphatic carbocycles. The molecule has 0 aliphatic rings. The van der Waals surface area contributed by atoms with Crippen molar-refractivity contribution < 1.29 is 18.1 Å². The average molecular weight is 376 g/mol. The molecular weight excluding hydrogens is 347 g/mol. The van der Waals surface area contributed by atoms with Crippen LogP contribution in [-0.2, 0) is 19.9 Å². The molecule has 0 unspecified atom stereocenters. The number of phosphoric ester groups is 1. The van der Waals surface area contributed by atoms with E-state index in [1.165, 1.54) is 7.11 Å². The van der Waals surface area contributed by atoms with Gasteiger partial charge in [0, 0.05) is 7.11 Å². The number of hydrogen-bond donors (Lipinski definition) is 0. The molecule has 0 saturated heterocycles. The molecule has 4 nitrogen and oxygen atoms in total. The Bertz CT molecular complexity index is 737. The second-order valence-corrected chi connectivity index (χ2v) is 9.99. The maximum Gasteiger partial charge on any atom is 0.587 e. The standard InChI is InChI=1S/C21H29O4P/c1-20(2,3)16-10-8-12-18(14-16)24-26(22,23-7)25-19-13-9-11-17(15-19)21(4,5)6/h8-15H,1-7H3. The van der Waals surface area contributed by atoms with Gasteiger partial charge in [-0.3, -0.25) is 4.52 Å². The Morgan fingerprint density at radius 3 is 1.42 bits per heavy atom. The van der Waals surface area contributed by atoms with Crippen molar-refractivity contribution in [2.45, 2.75) is 52.4 Å². The van der Waals surface area contributed by atoms with Crippen molar-refractivity contribution in [2.75, 3.05) is 7.11 Å². The fourth-order valence-electron chi connectivity index (χ4n) is 2.39. The van der Waals surface area contributed by atoms with Crippen LogP contribution in [-0.4, -0.2) is 7.11 Å². The fraction of sp³-hybridized carbons (Fsp3) is 0.429. The van der Waals surface area contributed by atoms with Crippen LogP contribution >= 0.6 is 7.82 Å². The van der Waals surface area contributed by atoms with E-state index in [4.69, 9.17) is 13.6 Å². The predicted molar refractivity (Wildman–Crippen MR) is 106 cm³/mol. The summed E-state index contributed by atoms with van der Waals surface area (Å²) in [5.41, 5.74) is 2.07. The summed E-state index contributed by atoms with van der Waals surface area (Å²) in [6, 6.07) is 15.0. The zero-order valence-electron chi connectivity index (χ0n) is 16.7. The smallest absolute Gasteiger partial charge is 0.395 e. The summed E-state index contributed by atoms with van der Waals surface area (Å²) in [7, 11) is -2.47. The Morgan fingerprint density at radius 1 is 0.731 bits per heavy atom. The lowest BCUT2D eigenvalue weighted by molar-refractivity contribution is 0.249. The molecule has 2 rings (SSSR count). The molecule has 0 amide bonds. The normalized spacial score (nSPS) is 12.7. The molecule has 142 valence electrons. The molecule has 26 heavy (non-hydrogen) atoms. The molecule has 0 bridgehead atoms. The van der Waals surface area contributed by atoms with Gasteiger partial charge in [-0.25, -0.2) is 4.57 Å². The van der Waals surface area contributed by atoms with Crippen LogP contribution in [0.15, 0.2) is 48.5 Å². The molecule has 0 heterocycles. The largest absolute Gasteiger partial charge is 0.587 e. The Kier molecular flexibility index (Phi) is 5.89. The minimum Gasteiger partial charge on any atom is -0.395 e. The summed E-state index contributed by atoms with van der Waals surface area (Å²) in [4.78, 5) is 0. The van der Waals surface area contributed by atoms with Gasteiger partial charge >= 0.3 is 7.82 Å². The number of rotatable bonds is 5.